The van der Waals surface area contributed by atoms with Gasteiger partial charge < -0.3 is 18.8 Å². The Balaban J connectivity index is 1.67. The van der Waals surface area contributed by atoms with Crippen LogP contribution in [0.3, 0.4) is 0 Å². The number of aryl methyl sites for hydroxylation is 2. The Hall–Kier alpha value is -3.68. The van der Waals surface area contributed by atoms with Crippen LogP contribution >= 0.6 is 15.9 Å². The van der Waals surface area contributed by atoms with E-state index in [-0.39, 0.29) is 24.7 Å². The van der Waals surface area contributed by atoms with Gasteiger partial charge in [-0.3, -0.25) is 4.79 Å². The summed E-state index contributed by atoms with van der Waals surface area (Å²) in [5.74, 6) is 0.375. The second-order valence-corrected chi connectivity index (χ2v) is 8.45. The summed E-state index contributed by atoms with van der Waals surface area (Å²) >= 11 is 3.42. The lowest BCUT2D eigenvalue weighted by molar-refractivity contribution is -0.123. The van der Waals surface area contributed by atoms with Gasteiger partial charge in [0.2, 0.25) is 5.88 Å². The smallest absolute Gasteiger partial charge is 0.278 e. The SMILES string of the molecule is COCc1c(Br)c(C)nc(OCC(=O)N/N=C/c2cc(C)n(-c3ccc(OC)cc3)c2C)c1C#N. The van der Waals surface area contributed by atoms with Crippen molar-refractivity contribution in [1.29, 1.82) is 5.26 Å². The highest BCUT2D eigenvalue weighted by Crippen LogP contribution is 2.30. The minimum absolute atomic E-state index is 0.0717. The fourth-order valence-corrected chi connectivity index (χ4v) is 4.00. The first-order chi connectivity index (χ1) is 16.8. The molecule has 9 nitrogen and oxygen atoms in total. The van der Waals surface area contributed by atoms with Gasteiger partial charge in [0.25, 0.3) is 5.91 Å². The number of nitriles is 1. The lowest BCUT2D eigenvalue weighted by Gasteiger charge is -2.13. The number of aromatic nitrogens is 2. The van der Waals surface area contributed by atoms with Crippen LogP contribution in [0.5, 0.6) is 11.6 Å². The fraction of sp³-hybridized carbons (Fsp3) is 0.280. The second-order valence-electron chi connectivity index (χ2n) is 7.66. The summed E-state index contributed by atoms with van der Waals surface area (Å²) in [6.07, 6.45) is 1.58. The van der Waals surface area contributed by atoms with Crippen molar-refractivity contribution in [3.63, 3.8) is 0 Å². The second kappa shape index (κ2) is 11.6. The predicted octanol–water partition coefficient (Wildman–Crippen LogP) is 4.12. The molecule has 0 saturated heterocycles. The Morgan fingerprint density at radius 3 is 2.60 bits per heavy atom. The molecule has 0 spiro atoms. The zero-order valence-electron chi connectivity index (χ0n) is 20.2. The van der Waals surface area contributed by atoms with E-state index in [0.29, 0.717) is 15.7 Å². The van der Waals surface area contributed by atoms with Gasteiger partial charge >= 0.3 is 0 Å². The lowest BCUT2D eigenvalue weighted by atomic mass is 10.1. The molecule has 10 heteroatoms. The topological polar surface area (TPSA) is 111 Å². The fourth-order valence-electron chi connectivity index (χ4n) is 3.60. The number of hydrogen-bond donors (Lipinski definition) is 1. The molecule has 0 aliphatic carbocycles. The van der Waals surface area contributed by atoms with Crippen LogP contribution in [0.15, 0.2) is 39.9 Å². The molecule has 2 aromatic heterocycles. The molecule has 2 heterocycles. The molecule has 35 heavy (non-hydrogen) atoms. The number of pyridine rings is 1. The van der Waals surface area contributed by atoms with Gasteiger partial charge in [0.1, 0.15) is 17.4 Å². The normalized spacial score (nSPS) is 10.9. The van der Waals surface area contributed by atoms with Gasteiger partial charge in [-0.25, -0.2) is 10.4 Å². The number of methoxy groups -OCH3 is 2. The quantitative estimate of drug-likeness (QED) is 0.323. The summed E-state index contributed by atoms with van der Waals surface area (Å²) in [6.45, 7) is 5.60. The van der Waals surface area contributed by atoms with Gasteiger partial charge in [0.15, 0.2) is 6.61 Å². The number of carbonyl (C=O) groups excluding carboxylic acids is 1. The number of halogens is 1. The molecule has 0 unspecified atom stereocenters. The number of benzene rings is 1. The number of nitrogens with one attached hydrogen (secondary N) is 1. The molecular weight excluding hydrogens is 514 g/mol. The average Bonchev–Trinajstić information content (AvgIpc) is 3.13. The van der Waals surface area contributed by atoms with Gasteiger partial charge in [0.05, 0.1) is 25.6 Å². The van der Waals surface area contributed by atoms with E-state index < -0.39 is 5.91 Å². The number of hydrogen-bond acceptors (Lipinski definition) is 7. The predicted molar refractivity (Wildman–Crippen MR) is 135 cm³/mol. The maximum Gasteiger partial charge on any atom is 0.278 e. The van der Waals surface area contributed by atoms with Crippen LogP contribution < -0.4 is 14.9 Å². The number of amides is 1. The highest BCUT2D eigenvalue weighted by molar-refractivity contribution is 9.10. The summed E-state index contributed by atoms with van der Waals surface area (Å²) in [5.41, 5.74) is 7.76. The Morgan fingerprint density at radius 1 is 1.26 bits per heavy atom. The summed E-state index contributed by atoms with van der Waals surface area (Å²) in [7, 11) is 3.16. The van der Waals surface area contributed by atoms with E-state index in [1.165, 1.54) is 7.11 Å². The van der Waals surface area contributed by atoms with Crippen LogP contribution in [-0.4, -0.2) is 42.5 Å². The van der Waals surface area contributed by atoms with Crippen molar-refractivity contribution in [2.75, 3.05) is 20.8 Å². The number of hydrazone groups is 1. The maximum atomic E-state index is 12.3. The standard InChI is InChI=1S/C25H26BrN5O4/c1-15-10-18(17(3)31(15)19-6-8-20(34-5)9-7-19)12-28-30-23(32)14-35-25-21(11-27)22(13-33-4)24(26)16(2)29-25/h6-10,12H,13-14H2,1-5H3,(H,30,32)/b28-12+. The summed E-state index contributed by atoms with van der Waals surface area (Å²) in [4.78, 5) is 16.6. The number of carbonyl (C=O) groups is 1. The third kappa shape index (κ3) is 5.88. The molecule has 0 radical (unpaired) electrons. The van der Waals surface area contributed by atoms with Crippen LogP contribution in [0.2, 0.25) is 0 Å². The van der Waals surface area contributed by atoms with Crippen molar-refractivity contribution in [2.45, 2.75) is 27.4 Å². The Bertz CT molecular complexity index is 1290. The van der Waals surface area contributed by atoms with Crippen molar-refractivity contribution in [1.82, 2.24) is 15.0 Å². The molecule has 0 saturated carbocycles. The minimum Gasteiger partial charge on any atom is -0.497 e. The van der Waals surface area contributed by atoms with Gasteiger partial charge in [-0.2, -0.15) is 10.4 Å². The van der Waals surface area contributed by atoms with Crippen LogP contribution in [-0.2, 0) is 16.1 Å². The molecule has 0 aliphatic heterocycles. The highest BCUT2D eigenvalue weighted by atomic mass is 79.9. The monoisotopic (exact) mass is 539 g/mol. The first-order valence-corrected chi connectivity index (χ1v) is 11.5. The number of nitrogens with zero attached hydrogens (tertiary/aromatic N) is 4. The van der Waals surface area contributed by atoms with Gasteiger partial charge in [-0.05, 0) is 67.0 Å². The van der Waals surface area contributed by atoms with Gasteiger partial charge in [-0.1, -0.05) is 0 Å². The zero-order valence-corrected chi connectivity index (χ0v) is 21.8. The maximum absolute atomic E-state index is 12.3. The molecule has 0 bridgehead atoms. The molecule has 0 atom stereocenters. The van der Waals surface area contributed by atoms with E-state index in [9.17, 15) is 10.1 Å². The van der Waals surface area contributed by atoms with Crippen molar-refractivity contribution < 1.29 is 19.0 Å². The average molecular weight is 540 g/mol. The van der Waals surface area contributed by atoms with Crippen molar-refractivity contribution >= 4 is 28.1 Å². The first kappa shape index (κ1) is 25.9. The third-order valence-corrected chi connectivity index (χ3v) is 6.35. The van der Waals surface area contributed by atoms with E-state index >= 15 is 0 Å². The molecule has 3 rings (SSSR count). The first-order valence-electron chi connectivity index (χ1n) is 10.7. The third-order valence-electron chi connectivity index (χ3n) is 5.30. The number of rotatable bonds is 9. The van der Waals surface area contributed by atoms with Crippen LogP contribution in [0.1, 0.15) is 33.8 Å². The summed E-state index contributed by atoms with van der Waals surface area (Å²) in [5, 5.41) is 13.6. The molecule has 182 valence electrons. The van der Waals surface area contributed by atoms with Crippen LogP contribution in [0, 0.1) is 32.1 Å². The van der Waals surface area contributed by atoms with Crippen LogP contribution in [0.4, 0.5) is 0 Å². The van der Waals surface area contributed by atoms with E-state index in [4.69, 9.17) is 14.2 Å². The molecule has 0 aliphatic rings. The largest absolute Gasteiger partial charge is 0.497 e. The van der Waals surface area contributed by atoms with E-state index in [0.717, 1.165) is 28.4 Å². The van der Waals surface area contributed by atoms with E-state index in [1.54, 1.807) is 20.2 Å². The molecule has 3 aromatic rings. The Kier molecular flexibility index (Phi) is 8.63. The molecule has 1 aromatic carbocycles. The van der Waals surface area contributed by atoms with Crippen molar-refractivity contribution in [3.8, 4) is 23.4 Å². The van der Waals surface area contributed by atoms with E-state index in [1.807, 2.05) is 44.2 Å². The van der Waals surface area contributed by atoms with Gasteiger partial charge in [-0.15, -0.1) is 0 Å². The van der Waals surface area contributed by atoms with Gasteiger partial charge in [0, 0.05) is 39.8 Å². The Labute approximate surface area is 212 Å². The van der Waals surface area contributed by atoms with E-state index in [2.05, 4.69) is 42.1 Å². The molecular formula is C25H26BrN5O4. The van der Waals surface area contributed by atoms with Crippen molar-refractivity contribution in [2.24, 2.45) is 5.10 Å². The zero-order chi connectivity index (χ0) is 25.5. The Morgan fingerprint density at radius 2 is 1.97 bits per heavy atom. The molecule has 1 amide bonds. The summed E-state index contributed by atoms with van der Waals surface area (Å²) in [6, 6.07) is 11.8. The highest BCUT2D eigenvalue weighted by Gasteiger charge is 2.18. The molecule has 0 fully saturated rings. The summed E-state index contributed by atoms with van der Waals surface area (Å²) < 4.78 is 18.7. The van der Waals surface area contributed by atoms with Crippen LogP contribution in [0.25, 0.3) is 5.69 Å². The minimum atomic E-state index is -0.482. The molecule has 1 N–H and O–H groups in total. The lowest BCUT2D eigenvalue weighted by Crippen LogP contribution is -2.25. The van der Waals surface area contributed by atoms with Crippen molar-refractivity contribution in [3.05, 3.63) is 68.6 Å². The number of ether oxygens (including phenoxy) is 3.